The van der Waals surface area contributed by atoms with Gasteiger partial charge in [-0.2, -0.15) is 0 Å². The summed E-state index contributed by atoms with van der Waals surface area (Å²) < 4.78 is 0. The van der Waals surface area contributed by atoms with Crippen LogP contribution in [0.3, 0.4) is 0 Å². The van der Waals surface area contributed by atoms with Crippen LogP contribution in [0.4, 0.5) is 5.69 Å². The summed E-state index contributed by atoms with van der Waals surface area (Å²) in [6.07, 6.45) is 0. The van der Waals surface area contributed by atoms with Crippen molar-refractivity contribution in [1.29, 1.82) is 0 Å². The number of para-hydroxylation sites is 1. The number of nitrogens with zero attached hydrogens (tertiary/aromatic N) is 1. The van der Waals surface area contributed by atoms with Crippen LogP contribution >= 0.6 is 0 Å². The maximum absolute atomic E-state index is 6.22. The van der Waals surface area contributed by atoms with Crippen molar-refractivity contribution in [2.45, 2.75) is 6.92 Å². The maximum Gasteiger partial charge on any atom is 0.140 e. The molecule has 0 aliphatic carbocycles. The van der Waals surface area contributed by atoms with E-state index in [9.17, 15) is 0 Å². The van der Waals surface area contributed by atoms with Gasteiger partial charge in [0.1, 0.15) is 5.82 Å². The van der Waals surface area contributed by atoms with Crippen LogP contribution < -0.4 is 5.73 Å². The number of hydrogen-bond donors (Lipinski definition) is 2. The lowest BCUT2D eigenvalue weighted by Crippen LogP contribution is -1.92. The molecular formula is C18H15N3. The summed E-state index contributed by atoms with van der Waals surface area (Å²) in [6.45, 7) is 2.07. The van der Waals surface area contributed by atoms with Crippen LogP contribution in [-0.4, -0.2) is 9.97 Å². The molecule has 3 heteroatoms. The van der Waals surface area contributed by atoms with E-state index in [2.05, 4.69) is 36.2 Å². The Bertz CT molecular complexity index is 967. The highest BCUT2D eigenvalue weighted by Crippen LogP contribution is 2.30. The number of rotatable bonds is 1. The Morgan fingerprint density at radius 3 is 2.48 bits per heavy atom. The van der Waals surface area contributed by atoms with Gasteiger partial charge in [-0.25, -0.2) is 4.98 Å². The van der Waals surface area contributed by atoms with Crippen molar-refractivity contribution in [2.75, 3.05) is 5.73 Å². The molecular weight excluding hydrogens is 258 g/mol. The Morgan fingerprint density at radius 2 is 1.71 bits per heavy atom. The third-order valence-electron chi connectivity index (χ3n) is 3.89. The number of hydrogen-bond acceptors (Lipinski definition) is 2. The number of aromatic nitrogens is 2. The Morgan fingerprint density at radius 1 is 0.952 bits per heavy atom. The van der Waals surface area contributed by atoms with E-state index >= 15 is 0 Å². The average Bonchev–Trinajstić information content (AvgIpc) is 2.92. The molecule has 1 aromatic heterocycles. The Labute approximate surface area is 122 Å². The fourth-order valence-corrected chi connectivity index (χ4v) is 2.77. The number of aromatic amines is 1. The van der Waals surface area contributed by atoms with Crippen molar-refractivity contribution < 1.29 is 0 Å². The number of H-pyrrole nitrogens is 1. The molecule has 0 bridgehead atoms. The second kappa shape index (κ2) is 4.35. The number of imidazole rings is 1. The quantitative estimate of drug-likeness (QED) is 0.509. The summed E-state index contributed by atoms with van der Waals surface area (Å²) in [5, 5.41) is 2.31. The number of benzene rings is 3. The van der Waals surface area contributed by atoms with Crippen LogP contribution in [-0.2, 0) is 0 Å². The first-order valence-electron chi connectivity index (χ1n) is 6.96. The molecule has 0 spiro atoms. The highest BCUT2D eigenvalue weighted by molar-refractivity contribution is 5.94. The van der Waals surface area contributed by atoms with Gasteiger partial charge in [0, 0.05) is 11.3 Å². The van der Waals surface area contributed by atoms with Crippen molar-refractivity contribution in [3.8, 4) is 11.4 Å². The van der Waals surface area contributed by atoms with E-state index in [0.29, 0.717) is 0 Å². The molecule has 3 nitrogen and oxygen atoms in total. The first-order valence-corrected chi connectivity index (χ1v) is 6.96. The van der Waals surface area contributed by atoms with Gasteiger partial charge in [0.25, 0.3) is 0 Å². The van der Waals surface area contributed by atoms with Crippen molar-refractivity contribution in [3.05, 3.63) is 60.2 Å². The zero-order valence-corrected chi connectivity index (χ0v) is 11.7. The summed E-state index contributed by atoms with van der Waals surface area (Å²) in [5.41, 5.74) is 11.1. The molecule has 1 heterocycles. The largest absolute Gasteiger partial charge is 0.398 e. The van der Waals surface area contributed by atoms with Gasteiger partial charge in [-0.1, -0.05) is 36.4 Å². The lowest BCUT2D eigenvalue weighted by molar-refractivity contribution is 1.33. The second-order valence-electron chi connectivity index (χ2n) is 5.34. The lowest BCUT2D eigenvalue weighted by atomic mass is 10.0. The van der Waals surface area contributed by atoms with E-state index in [1.807, 2.05) is 30.3 Å². The molecule has 0 atom stereocenters. The minimum atomic E-state index is 0.741. The molecule has 0 unspecified atom stereocenters. The standard InChI is InChI=1S/C18H15N3/c1-11-5-4-8-16-17(11)21-18(20-16)14-9-12-6-2-3-7-13(12)10-15(14)19/h2-10H,19H2,1H3,(H,20,21). The van der Waals surface area contributed by atoms with E-state index < -0.39 is 0 Å². The van der Waals surface area contributed by atoms with E-state index in [1.165, 1.54) is 5.39 Å². The summed E-state index contributed by atoms with van der Waals surface area (Å²) >= 11 is 0. The average molecular weight is 273 g/mol. The summed E-state index contributed by atoms with van der Waals surface area (Å²) in [7, 11) is 0. The minimum absolute atomic E-state index is 0.741. The molecule has 0 aliphatic heterocycles. The van der Waals surface area contributed by atoms with E-state index in [4.69, 9.17) is 10.7 Å². The smallest absolute Gasteiger partial charge is 0.140 e. The van der Waals surface area contributed by atoms with Crippen molar-refractivity contribution in [2.24, 2.45) is 0 Å². The lowest BCUT2D eigenvalue weighted by Gasteiger charge is -2.05. The molecule has 0 aliphatic rings. The van der Waals surface area contributed by atoms with Gasteiger partial charge in [-0.3, -0.25) is 0 Å². The second-order valence-corrected chi connectivity index (χ2v) is 5.34. The molecule has 102 valence electrons. The maximum atomic E-state index is 6.22. The Hall–Kier alpha value is -2.81. The van der Waals surface area contributed by atoms with Gasteiger partial charge < -0.3 is 10.7 Å². The molecule has 4 aromatic rings. The Kier molecular flexibility index (Phi) is 2.48. The third kappa shape index (κ3) is 1.86. The molecule has 3 N–H and O–H groups in total. The topological polar surface area (TPSA) is 54.7 Å². The number of fused-ring (bicyclic) bond motifs is 2. The highest BCUT2D eigenvalue weighted by Gasteiger charge is 2.10. The van der Waals surface area contributed by atoms with Gasteiger partial charge in [0.15, 0.2) is 0 Å². The van der Waals surface area contributed by atoms with Crippen LogP contribution in [0.1, 0.15) is 5.56 Å². The van der Waals surface area contributed by atoms with Crippen molar-refractivity contribution in [3.63, 3.8) is 0 Å². The Balaban J connectivity index is 1.99. The summed E-state index contributed by atoms with van der Waals surface area (Å²) in [5.74, 6) is 0.822. The molecule has 0 amide bonds. The summed E-state index contributed by atoms with van der Waals surface area (Å²) in [4.78, 5) is 8.08. The molecule has 0 saturated carbocycles. The van der Waals surface area contributed by atoms with Gasteiger partial charge in [-0.05, 0) is 41.5 Å². The number of aryl methyl sites for hydroxylation is 1. The number of nitrogens with two attached hydrogens (primary N) is 1. The van der Waals surface area contributed by atoms with Crippen LogP contribution in [0.15, 0.2) is 54.6 Å². The molecule has 4 rings (SSSR count). The van der Waals surface area contributed by atoms with Crippen LogP contribution in [0.2, 0.25) is 0 Å². The van der Waals surface area contributed by atoms with Crippen LogP contribution in [0.25, 0.3) is 33.2 Å². The number of nitrogen functional groups attached to an aromatic ring is 1. The monoisotopic (exact) mass is 273 g/mol. The van der Waals surface area contributed by atoms with Gasteiger partial charge in [0.05, 0.1) is 11.0 Å². The third-order valence-corrected chi connectivity index (χ3v) is 3.89. The normalized spacial score (nSPS) is 11.3. The number of nitrogens with one attached hydrogen (secondary N) is 1. The highest BCUT2D eigenvalue weighted by atomic mass is 14.9. The van der Waals surface area contributed by atoms with Crippen LogP contribution in [0.5, 0.6) is 0 Å². The van der Waals surface area contributed by atoms with E-state index in [0.717, 1.165) is 39.1 Å². The van der Waals surface area contributed by atoms with E-state index in [-0.39, 0.29) is 0 Å². The molecule has 0 radical (unpaired) electrons. The fraction of sp³-hybridized carbons (Fsp3) is 0.0556. The minimum Gasteiger partial charge on any atom is -0.398 e. The predicted molar refractivity (Wildman–Crippen MR) is 88.2 cm³/mol. The van der Waals surface area contributed by atoms with E-state index in [1.54, 1.807) is 0 Å². The number of anilines is 1. The zero-order chi connectivity index (χ0) is 14.4. The summed E-state index contributed by atoms with van der Waals surface area (Å²) in [6, 6.07) is 18.4. The zero-order valence-electron chi connectivity index (χ0n) is 11.7. The fourth-order valence-electron chi connectivity index (χ4n) is 2.77. The molecule has 0 fully saturated rings. The van der Waals surface area contributed by atoms with Crippen LogP contribution in [0, 0.1) is 6.92 Å². The van der Waals surface area contributed by atoms with Gasteiger partial charge >= 0.3 is 0 Å². The van der Waals surface area contributed by atoms with Gasteiger partial charge in [0.2, 0.25) is 0 Å². The molecule has 0 saturated heterocycles. The molecule has 3 aromatic carbocycles. The first kappa shape index (κ1) is 12.0. The van der Waals surface area contributed by atoms with Crippen molar-refractivity contribution in [1.82, 2.24) is 9.97 Å². The van der Waals surface area contributed by atoms with Crippen molar-refractivity contribution >= 4 is 27.5 Å². The van der Waals surface area contributed by atoms with Gasteiger partial charge in [-0.15, -0.1) is 0 Å². The molecule has 21 heavy (non-hydrogen) atoms. The first-order chi connectivity index (χ1) is 10.2. The SMILES string of the molecule is Cc1cccc2[nH]c(-c3cc4ccccc4cc3N)nc12. The predicted octanol–water partition coefficient (Wildman–Crippen LogP) is 4.27.